The van der Waals surface area contributed by atoms with Crippen molar-refractivity contribution in [1.82, 2.24) is 0 Å². The second-order valence-electron chi connectivity index (χ2n) is 6.07. The molecule has 1 amide bonds. The fourth-order valence-corrected chi connectivity index (χ4v) is 4.63. The lowest BCUT2D eigenvalue weighted by molar-refractivity contribution is 0.204. The van der Waals surface area contributed by atoms with Crippen LogP contribution < -0.4 is 5.73 Å². The van der Waals surface area contributed by atoms with Crippen molar-refractivity contribution in [3.8, 4) is 0 Å². The van der Waals surface area contributed by atoms with Crippen LogP contribution in [0.4, 0.5) is 9.18 Å². The number of ether oxygens (including phenoxy) is 1. The third kappa shape index (κ3) is 3.21. The van der Waals surface area contributed by atoms with Gasteiger partial charge in [0.25, 0.3) is 0 Å². The Balaban J connectivity index is 2.71. The number of carbonyl (C=O) groups is 1. The lowest BCUT2D eigenvalue weighted by Crippen LogP contribution is -2.53. The Kier molecular flexibility index (Phi) is 4.48. The third-order valence-corrected chi connectivity index (χ3v) is 7.34. The summed E-state index contributed by atoms with van der Waals surface area (Å²) >= 11 is 2.03. The van der Waals surface area contributed by atoms with Gasteiger partial charge in [-0.1, -0.05) is 0 Å². The molecule has 23 heavy (non-hydrogen) atoms. The highest BCUT2D eigenvalue weighted by molar-refractivity contribution is 14.1. The molecule has 0 fully saturated rings. The molecule has 0 spiro atoms. The molecular weight excluding hydrogens is 436 g/mol. The van der Waals surface area contributed by atoms with E-state index in [2.05, 4.69) is 4.99 Å². The van der Waals surface area contributed by atoms with Crippen molar-refractivity contribution in [1.29, 1.82) is 4.78 Å². The maximum absolute atomic E-state index is 14.3. The van der Waals surface area contributed by atoms with Crippen LogP contribution >= 0.6 is 22.6 Å². The Morgan fingerprint density at radius 1 is 1.48 bits per heavy atom. The average Bonchev–Trinajstić information content (AvgIpc) is 2.38. The molecule has 126 valence electrons. The fourth-order valence-electron chi connectivity index (χ4n) is 2.40. The van der Waals surface area contributed by atoms with E-state index in [1.807, 2.05) is 22.6 Å². The molecule has 1 unspecified atom stereocenters. The molecule has 1 heterocycles. The molecule has 0 saturated carbocycles. The predicted molar refractivity (Wildman–Crippen MR) is 94.4 cm³/mol. The molecule has 6 nitrogen and oxygen atoms in total. The van der Waals surface area contributed by atoms with Gasteiger partial charge in [-0.05, 0) is 61.6 Å². The number of amides is 1. The van der Waals surface area contributed by atoms with E-state index in [4.69, 9.17) is 15.3 Å². The van der Waals surface area contributed by atoms with Crippen molar-refractivity contribution in [2.24, 2.45) is 10.7 Å². The number of halogens is 2. The van der Waals surface area contributed by atoms with Crippen LogP contribution in [0.15, 0.2) is 23.2 Å². The summed E-state index contributed by atoms with van der Waals surface area (Å²) in [7, 11) is -3.27. The molecule has 9 heteroatoms. The molecule has 1 aliphatic heterocycles. The normalized spacial score (nSPS) is 29.7. The van der Waals surface area contributed by atoms with Crippen LogP contribution in [0.25, 0.3) is 0 Å². The molecule has 0 aliphatic carbocycles. The van der Waals surface area contributed by atoms with Gasteiger partial charge in [0.2, 0.25) is 5.90 Å². The second kappa shape index (κ2) is 5.69. The van der Waals surface area contributed by atoms with Gasteiger partial charge in [0.15, 0.2) is 0 Å². The van der Waals surface area contributed by atoms with Gasteiger partial charge in [-0.15, -0.1) is 0 Å². The standard InChI is InChI=1S/C14H17FIN3O3S/c1-13(2)11(22-12(17)20)19-14(3,7-23(13,18)21)9-6-8(16)4-5-10(9)15/h4-6,18H,7H2,1-3H3,(H2,17,20)/t14-,23?/m0/s1. The van der Waals surface area contributed by atoms with E-state index in [0.29, 0.717) is 0 Å². The van der Waals surface area contributed by atoms with E-state index in [9.17, 15) is 13.4 Å². The molecule has 0 radical (unpaired) electrons. The first-order valence-electron chi connectivity index (χ1n) is 6.68. The number of nitrogens with zero attached hydrogens (tertiary/aromatic N) is 1. The van der Waals surface area contributed by atoms with Crippen molar-refractivity contribution in [3.63, 3.8) is 0 Å². The van der Waals surface area contributed by atoms with Crippen LogP contribution in [0.2, 0.25) is 0 Å². The van der Waals surface area contributed by atoms with Gasteiger partial charge in [0, 0.05) is 9.13 Å². The minimum absolute atomic E-state index is 0.185. The number of hydrogen-bond acceptors (Lipinski definition) is 5. The Bertz CT molecular complexity index is 807. The topological polar surface area (TPSA) is 106 Å². The van der Waals surface area contributed by atoms with E-state index in [1.54, 1.807) is 19.1 Å². The van der Waals surface area contributed by atoms with Gasteiger partial charge in [0.05, 0.1) is 15.5 Å². The van der Waals surface area contributed by atoms with E-state index in [-0.39, 0.29) is 17.2 Å². The first-order valence-corrected chi connectivity index (χ1v) is 9.49. The lowest BCUT2D eigenvalue weighted by atomic mass is 9.93. The molecule has 0 saturated heterocycles. The maximum Gasteiger partial charge on any atom is 0.411 e. The molecule has 2 rings (SSSR count). The minimum atomic E-state index is -3.27. The Hall–Kier alpha value is -1.23. The molecular formula is C14H17FIN3O3S. The molecule has 1 aliphatic rings. The van der Waals surface area contributed by atoms with Gasteiger partial charge in [0.1, 0.15) is 16.1 Å². The monoisotopic (exact) mass is 453 g/mol. The van der Waals surface area contributed by atoms with Crippen molar-refractivity contribution in [2.75, 3.05) is 5.75 Å². The first kappa shape index (κ1) is 18.1. The Morgan fingerprint density at radius 3 is 2.65 bits per heavy atom. The van der Waals surface area contributed by atoms with Gasteiger partial charge in [-0.3, -0.25) is 4.78 Å². The number of hydrogen-bond donors (Lipinski definition) is 2. The number of nitrogens with one attached hydrogen (secondary N) is 1. The maximum atomic E-state index is 14.3. The Labute approximate surface area is 147 Å². The molecule has 2 atom stereocenters. The summed E-state index contributed by atoms with van der Waals surface area (Å²) in [5, 5.41) is 0. The van der Waals surface area contributed by atoms with Gasteiger partial charge < -0.3 is 10.5 Å². The highest BCUT2D eigenvalue weighted by atomic mass is 127. The van der Waals surface area contributed by atoms with E-state index in [1.165, 1.54) is 19.9 Å². The van der Waals surface area contributed by atoms with Gasteiger partial charge in [-0.25, -0.2) is 18.4 Å². The van der Waals surface area contributed by atoms with E-state index >= 15 is 0 Å². The largest absolute Gasteiger partial charge is 0.411 e. The van der Waals surface area contributed by atoms with E-state index in [0.717, 1.165) is 3.57 Å². The van der Waals surface area contributed by atoms with Gasteiger partial charge in [-0.2, -0.15) is 0 Å². The summed E-state index contributed by atoms with van der Waals surface area (Å²) in [6.45, 7) is 4.55. The zero-order valence-corrected chi connectivity index (χ0v) is 15.8. The van der Waals surface area contributed by atoms with Crippen LogP contribution in [-0.2, 0) is 20.0 Å². The highest BCUT2D eigenvalue weighted by Crippen LogP contribution is 2.39. The molecule has 1 aromatic carbocycles. The number of primary amides is 1. The van der Waals surface area contributed by atoms with E-state index < -0.39 is 31.9 Å². The minimum Gasteiger partial charge on any atom is -0.394 e. The predicted octanol–water partition coefficient (Wildman–Crippen LogP) is 2.98. The summed E-state index contributed by atoms with van der Waals surface area (Å²) in [6.07, 6.45) is -1.11. The fraction of sp³-hybridized carbons (Fsp3) is 0.429. The molecule has 1 aromatic rings. The summed E-state index contributed by atoms with van der Waals surface area (Å²) in [5.41, 5.74) is 3.96. The van der Waals surface area contributed by atoms with Gasteiger partial charge >= 0.3 is 6.09 Å². The molecule has 0 bridgehead atoms. The number of benzene rings is 1. The molecule has 0 aromatic heterocycles. The highest BCUT2D eigenvalue weighted by Gasteiger charge is 2.49. The van der Waals surface area contributed by atoms with Crippen LogP contribution in [-0.4, -0.2) is 26.7 Å². The number of aliphatic imine (C=N–C) groups is 1. The summed E-state index contributed by atoms with van der Waals surface area (Å²) in [5.74, 6) is -0.919. The van der Waals surface area contributed by atoms with Crippen molar-refractivity contribution >= 4 is 44.3 Å². The van der Waals surface area contributed by atoms with Crippen LogP contribution in [0, 0.1) is 14.2 Å². The molecule has 3 N–H and O–H groups in total. The Morgan fingerprint density at radius 2 is 2.09 bits per heavy atom. The first-order chi connectivity index (χ1) is 10.4. The number of carbonyl (C=O) groups excluding carboxylic acids is 1. The zero-order chi connectivity index (χ0) is 17.6. The quantitative estimate of drug-likeness (QED) is 0.639. The van der Waals surface area contributed by atoms with Crippen molar-refractivity contribution in [3.05, 3.63) is 33.1 Å². The summed E-state index contributed by atoms with van der Waals surface area (Å²) < 4.78 is 39.7. The van der Waals surface area contributed by atoms with Crippen LogP contribution in [0.5, 0.6) is 0 Å². The number of nitrogens with two attached hydrogens (primary N) is 1. The summed E-state index contributed by atoms with van der Waals surface area (Å²) in [6, 6.07) is 4.46. The zero-order valence-electron chi connectivity index (χ0n) is 12.9. The third-order valence-electron chi connectivity index (χ3n) is 3.88. The van der Waals surface area contributed by atoms with Crippen LogP contribution in [0.3, 0.4) is 0 Å². The van der Waals surface area contributed by atoms with Crippen molar-refractivity contribution < 1.29 is 18.1 Å². The lowest BCUT2D eigenvalue weighted by Gasteiger charge is -2.39. The smallest absolute Gasteiger partial charge is 0.394 e. The number of rotatable bonds is 1. The van der Waals surface area contributed by atoms with Crippen LogP contribution in [0.1, 0.15) is 26.3 Å². The SMILES string of the molecule is CC1(C)C(OC(N)=O)=N[C@](C)(c2cc(I)ccc2F)CS1(=N)=O. The van der Waals surface area contributed by atoms with Crippen molar-refractivity contribution in [2.45, 2.75) is 31.1 Å². The average molecular weight is 453 g/mol. The second-order valence-corrected chi connectivity index (χ2v) is 9.97. The summed E-state index contributed by atoms with van der Waals surface area (Å²) in [4.78, 5) is 15.5.